The summed E-state index contributed by atoms with van der Waals surface area (Å²) in [6.45, 7) is 7.99. The summed E-state index contributed by atoms with van der Waals surface area (Å²) in [6.07, 6.45) is 8.00. The number of carboxylic acid groups (broad SMARTS) is 1. The van der Waals surface area contributed by atoms with Gasteiger partial charge in [0.15, 0.2) is 0 Å². The Morgan fingerprint density at radius 1 is 1.43 bits per heavy atom. The maximum atomic E-state index is 14.4. The Kier molecular flexibility index (Phi) is 13.2. The number of aromatic nitrogens is 2. The highest BCUT2D eigenvalue weighted by Gasteiger charge is 2.21. The van der Waals surface area contributed by atoms with Gasteiger partial charge in [0.2, 0.25) is 5.95 Å². The van der Waals surface area contributed by atoms with Gasteiger partial charge in [-0.15, -0.1) is 0 Å². The molecule has 1 aromatic rings. The lowest BCUT2D eigenvalue weighted by Gasteiger charge is -2.25. The van der Waals surface area contributed by atoms with Gasteiger partial charge >= 0.3 is 5.97 Å². The van der Waals surface area contributed by atoms with E-state index in [0.29, 0.717) is 13.1 Å². The molecule has 1 aliphatic rings. The van der Waals surface area contributed by atoms with E-state index in [9.17, 15) is 14.3 Å². The van der Waals surface area contributed by atoms with E-state index in [4.69, 9.17) is 15.0 Å². The predicted octanol–water partition coefficient (Wildman–Crippen LogP) is 3.30. The zero-order chi connectivity index (χ0) is 27.0. The number of aliphatic carboxylic acids is 1. The standard InChI is InChI=1S/C26H38FN7O3/c1-4-22(32-24-19(2)8-7-11-29-24)9-5-6-12-34(17-21(27)18-37-3)13-10-23(25(35)36)33-26-30-15-20(14-28)16-31-26/h4,15-16,21,23,29H,1,5-13,17-18H2,2-3H3,(H,35,36)(H,30,31,33)/t21-,23-/m0/s1. The van der Waals surface area contributed by atoms with Crippen LogP contribution in [0.25, 0.3) is 0 Å². The quantitative estimate of drug-likeness (QED) is 0.211. The second kappa shape index (κ2) is 16.4. The van der Waals surface area contributed by atoms with Gasteiger partial charge in [0.25, 0.3) is 0 Å². The third-order valence-electron chi connectivity index (χ3n) is 5.99. The van der Waals surface area contributed by atoms with E-state index in [-0.39, 0.29) is 31.1 Å². The molecule has 0 amide bonds. The van der Waals surface area contributed by atoms with Crippen molar-refractivity contribution in [2.24, 2.45) is 4.99 Å². The molecule has 0 radical (unpaired) electrons. The van der Waals surface area contributed by atoms with Crippen LogP contribution in [0, 0.1) is 11.3 Å². The molecule has 202 valence electrons. The largest absolute Gasteiger partial charge is 0.480 e. The summed E-state index contributed by atoms with van der Waals surface area (Å²) >= 11 is 0. The highest BCUT2D eigenvalue weighted by Crippen LogP contribution is 2.16. The van der Waals surface area contributed by atoms with Crippen LogP contribution < -0.4 is 10.6 Å². The number of nitriles is 1. The Labute approximate surface area is 218 Å². The van der Waals surface area contributed by atoms with Gasteiger partial charge in [0, 0.05) is 32.5 Å². The van der Waals surface area contributed by atoms with Crippen LogP contribution in [-0.2, 0) is 9.53 Å². The number of rotatable bonds is 17. The van der Waals surface area contributed by atoms with Crippen LogP contribution >= 0.6 is 0 Å². The third-order valence-corrected chi connectivity index (χ3v) is 5.99. The van der Waals surface area contributed by atoms with E-state index in [0.717, 1.165) is 50.2 Å². The Balaban J connectivity index is 1.93. The molecule has 2 heterocycles. The smallest absolute Gasteiger partial charge is 0.326 e. The molecule has 0 saturated heterocycles. The number of unbranched alkanes of at least 4 members (excludes halogenated alkanes) is 1. The van der Waals surface area contributed by atoms with Crippen molar-refractivity contribution in [2.45, 2.75) is 57.7 Å². The molecule has 37 heavy (non-hydrogen) atoms. The molecule has 11 heteroatoms. The summed E-state index contributed by atoms with van der Waals surface area (Å²) in [7, 11) is 1.45. The van der Waals surface area contributed by atoms with Gasteiger partial charge in [0.05, 0.1) is 24.6 Å². The number of nitrogens with one attached hydrogen (secondary N) is 2. The lowest BCUT2D eigenvalue weighted by molar-refractivity contribution is -0.138. The maximum absolute atomic E-state index is 14.4. The van der Waals surface area contributed by atoms with Crippen LogP contribution in [0.4, 0.5) is 10.3 Å². The number of carbonyl (C=O) groups is 1. The van der Waals surface area contributed by atoms with E-state index in [2.05, 4.69) is 34.1 Å². The number of methoxy groups -OCH3 is 1. The van der Waals surface area contributed by atoms with Gasteiger partial charge in [-0.05, 0) is 63.6 Å². The second-order valence-corrected chi connectivity index (χ2v) is 9.01. The average molecular weight is 516 g/mol. The zero-order valence-electron chi connectivity index (χ0n) is 21.7. The first-order chi connectivity index (χ1) is 17.9. The van der Waals surface area contributed by atoms with Crippen molar-refractivity contribution < 1.29 is 19.0 Å². The summed E-state index contributed by atoms with van der Waals surface area (Å²) < 4.78 is 19.3. The van der Waals surface area contributed by atoms with E-state index in [1.54, 1.807) is 6.08 Å². The van der Waals surface area contributed by atoms with Crippen LogP contribution in [0.15, 0.2) is 41.4 Å². The number of nitrogens with zero attached hydrogens (tertiary/aromatic N) is 5. The Bertz CT molecular complexity index is 975. The normalized spacial score (nSPS) is 15.6. The number of halogens is 1. The van der Waals surface area contributed by atoms with E-state index in [1.165, 1.54) is 25.1 Å². The van der Waals surface area contributed by atoms with Gasteiger partial charge < -0.3 is 25.4 Å². The van der Waals surface area contributed by atoms with Gasteiger partial charge in [-0.3, -0.25) is 0 Å². The van der Waals surface area contributed by atoms with Crippen LogP contribution in [0.2, 0.25) is 0 Å². The molecule has 1 aliphatic heterocycles. The first-order valence-electron chi connectivity index (χ1n) is 12.6. The van der Waals surface area contributed by atoms with Gasteiger partial charge in [0.1, 0.15) is 24.1 Å². The molecule has 0 aliphatic carbocycles. The lowest BCUT2D eigenvalue weighted by atomic mass is 10.1. The second-order valence-electron chi connectivity index (χ2n) is 9.01. The number of anilines is 1. The van der Waals surface area contributed by atoms with Crippen molar-refractivity contribution in [1.29, 1.82) is 5.26 Å². The van der Waals surface area contributed by atoms with Crippen molar-refractivity contribution in [1.82, 2.24) is 20.2 Å². The minimum atomic E-state index is -1.18. The van der Waals surface area contributed by atoms with Crippen molar-refractivity contribution in [2.75, 3.05) is 45.2 Å². The summed E-state index contributed by atoms with van der Waals surface area (Å²) in [5.74, 6) is -0.00910. The highest BCUT2D eigenvalue weighted by atomic mass is 19.1. The molecule has 0 unspecified atom stereocenters. The number of aliphatic imine (C=N–C) groups is 1. The minimum Gasteiger partial charge on any atom is -0.480 e. The van der Waals surface area contributed by atoms with Crippen molar-refractivity contribution in [3.05, 3.63) is 42.0 Å². The van der Waals surface area contributed by atoms with Gasteiger partial charge in [-0.25, -0.2) is 24.1 Å². The number of carboxylic acids is 1. The number of ether oxygens (including phenoxy) is 1. The summed E-state index contributed by atoms with van der Waals surface area (Å²) in [4.78, 5) is 26.4. The third kappa shape index (κ3) is 11.1. The van der Waals surface area contributed by atoms with Crippen LogP contribution in [0.1, 0.15) is 51.0 Å². The van der Waals surface area contributed by atoms with Gasteiger partial charge in [-0.2, -0.15) is 5.26 Å². The molecular weight excluding hydrogens is 477 g/mol. The predicted molar refractivity (Wildman–Crippen MR) is 141 cm³/mol. The number of alkyl halides is 1. The lowest BCUT2D eigenvalue weighted by Crippen LogP contribution is -2.39. The molecule has 2 rings (SSSR count). The molecule has 3 N–H and O–H groups in total. The number of hydrogen-bond acceptors (Lipinski definition) is 9. The molecule has 0 aromatic carbocycles. The Morgan fingerprint density at radius 3 is 2.81 bits per heavy atom. The molecule has 0 fully saturated rings. The minimum absolute atomic E-state index is 0.0229. The average Bonchev–Trinajstić information content (AvgIpc) is 2.89. The SMILES string of the molecule is C=CC(CCCCN(CC[C@H](Nc1ncc(C#N)cn1)C(=O)O)C[C@H](F)COC)=NC1=C(C)CCCN1. The summed E-state index contributed by atoms with van der Waals surface area (Å²) in [5.41, 5.74) is 2.44. The fourth-order valence-corrected chi connectivity index (χ4v) is 3.95. The molecular formula is C26H38FN7O3. The molecule has 2 atom stereocenters. The van der Waals surface area contributed by atoms with Crippen molar-refractivity contribution >= 4 is 17.6 Å². The fraction of sp³-hybridized carbons (Fsp3) is 0.577. The molecule has 10 nitrogen and oxygen atoms in total. The molecule has 0 saturated carbocycles. The van der Waals surface area contributed by atoms with Crippen LogP contribution in [-0.4, -0.2) is 83.8 Å². The maximum Gasteiger partial charge on any atom is 0.326 e. The zero-order valence-corrected chi connectivity index (χ0v) is 21.7. The molecule has 0 spiro atoms. The van der Waals surface area contributed by atoms with E-state index < -0.39 is 18.2 Å². The molecule has 1 aromatic heterocycles. The topological polar surface area (TPSA) is 136 Å². The Morgan fingerprint density at radius 2 is 2.19 bits per heavy atom. The summed E-state index contributed by atoms with van der Waals surface area (Å²) in [5, 5.41) is 24.6. The first-order valence-corrected chi connectivity index (χ1v) is 12.6. The number of hydrogen-bond donors (Lipinski definition) is 3. The van der Waals surface area contributed by atoms with E-state index >= 15 is 0 Å². The highest BCUT2D eigenvalue weighted by molar-refractivity contribution is 5.95. The summed E-state index contributed by atoms with van der Waals surface area (Å²) in [6, 6.07) is 0.953. The number of allylic oxidation sites excluding steroid dienone is 2. The van der Waals surface area contributed by atoms with Crippen LogP contribution in [0.5, 0.6) is 0 Å². The molecule has 0 bridgehead atoms. The van der Waals surface area contributed by atoms with E-state index in [1.807, 2.05) is 11.0 Å². The van der Waals surface area contributed by atoms with Crippen molar-refractivity contribution in [3.63, 3.8) is 0 Å². The van der Waals surface area contributed by atoms with Crippen molar-refractivity contribution in [3.8, 4) is 6.07 Å². The first kappa shape index (κ1) is 29.9. The fourth-order valence-electron chi connectivity index (χ4n) is 3.95. The monoisotopic (exact) mass is 515 g/mol. The Hall–Kier alpha value is -3.36. The van der Waals surface area contributed by atoms with Crippen LogP contribution in [0.3, 0.4) is 0 Å². The van der Waals surface area contributed by atoms with Gasteiger partial charge in [-0.1, -0.05) is 6.58 Å².